The highest BCUT2D eigenvalue weighted by molar-refractivity contribution is 7.47. The van der Waals surface area contributed by atoms with Gasteiger partial charge in [0.2, 0.25) is 0 Å². The molecular formula is C89H154O17P2. The van der Waals surface area contributed by atoms with Gasteiger partial charge in [0.25, 0.3) is 0 Å². The lowest BCUT2D eigenvalue weighted by molar-refractivity contribution is -0.161. The Labute approximate surface area is 657 Å². The Bertz CT molecular complexity index is 2520. The first-order valence-corrected chi connectivity index (χ1v) is 45.8. The Morgan fingerprint density at radius 2 is 0.481 bits per heavy atom. The highest BCUT2D eigenvalue weighted by atomic mass is 31.2. The number of phosphoric acid groups is 2. The molecule has 108 heavy (non-hydrogen) atoms. The second-order valence-electron chi connectivity index (χ2n) is 28.4. The summed E-state index contributed by atoms with van der Waals surface area (Å²) in [6.07, 6.45) is 90.1. The van der Waals surface area contributed by atoms with Gasteiger partial charge in [-0.25, -0.2) is 9.13 Å². The summed E-state index contributed by atoms with van der Waals surface area (Å²) in [6, 6.07) is 0. The van der Waals surface area contributed by atoms with Gasteiger partial charge in [-0.1, -0.05) is 323 Å². The van der Waals surface area contributed by atoms with Crippen LogP contribution in [0.2, 0.25) is 0 Å². The Morgan fingerprint density at radius 1 is 0.269 bits per heavy atom. The van der Waals surface area contributed by atoms with Gasteiger partial charge in [0.05, 0.1) is 26.4 Å². The summed E-state index contributed by atoms with van der Waals surface area (Å²) in [4.78, 5) is 73.2. The van der Waals surface area contributed by atoms with Gasteiger partial charge in [0.15, 0.2) is 12.2 Å². The Hall–Kier alpha value is -4.54. The first-order chi connectivity index (χ1) is 52.7. The van der Waals surface area contributed by atoms with Crippen molar-refractivity contribution in [3.63, 3.8) is 0 Å². The van der Waals surface area contributed by atoms with Gasteiger partial charge in [0, 0.05) is 25.7 Å². The van der Waals surface area contributed by atoms with Gasteiger partial charge in [-0.2, -0.15) is 0 Å². The Morgan fingerprint density at radius 3 is 0.759 bits per heavy atom. The third-order valence-electron chi connectivity index (χ3n) is 17.9. The van der Waals surface area contributed by atoms with Crippen LogP contribution < -0.4 is 0 Å². The van der Waals surface area contributed by atoms with Crippen molar-refractivity contribution in [3.8, 4) is 0 Å². The molecule has 3 N–H and O–H groups in total. The standard InChI is InChI=1S/C89H154O17P2/c1-5-9-13-17-21-25-29-33-37-39-41-43-47-50-54-58-62-66-70-74-87(92)100-80-85(106-89(94)76-72-68-64-60-56-52-48-44-42-40-38-34-30-26-22-18-14-10-6-2)82-104-108(97,98)102-78-83(90)77-101-107(95,96)103-81-84(105-88(93)75-71-67-63-59-55-51-46-36-32-28-24-20-16-12-8-4)79-99-86(91)73-69-65-61-57-53-49-45-35-31-27-23-19-15-11-7-3/h9-10,13-14,21-22,25-26,33-35,37-38,41-45,50,54,83-85,90H,5-8,11-12,15-20,23-24,27-32,36,39-40,46-49,51-53,55-82H2,1-4H3,(H,95,96)(H,97,98)/b13-9-,14-10-,25-21-,26-22-,37-33-,38-34-,43-41-,44-42-,45-35-,54-50-. The third kappa shape index (κ3) is 79.5. The number of aliphatic hydroxyl groups is 1. The van der Waals surface area contributed by atoms with Crippen LogP contribution in [-0.4, -0.2) is 96.7 Å². The molecule has 5 unspecified atom stereocenters. The molecule has 0 radical (unpaired) electrons. The fraction of sp³-hybridized carbons (Fsp3) is 0.730. The summed E-state index contributed by atoms with van der Waals surface area (Å²) in [5.41, 5.74) is 0. The minimum atomic E-state index is -5.00. The van der Waals surface area contributed by atoms with Crippen LogP contribution >= 0.6 is 15.6 Å². The summed E-state index contributed by atoms with van der Waals surface area (Å²) in [7, 11) is -9.98. The monoisotopic (exact) mass is 1560 g/mol. The van der Waals surface area contributed by atoms with Gasteiger partial charge in [0.1, 0.15) is 19.3 Å². The van der Waals surface area contributed by atoms with E-state index in [9.17, 15) is 43.2 Å². The zero-order valence-electron chi connectivity index (χ0n) is 68.2. The summed E-state index contributed by atoms with van der Waals surface area (Å²) >= 11 is 0. The molecule has 622 valence electrons. The average Bonchev–Trinajstić information content (AvgIpc) is 0.896. The van der Waals surface area contributed by atoms with E-state index in [2.05, 4.69) is 149 Å². The second-order valence-corrected chi connectivity index (χ2v) is 31.3. The molecule has 0 amide bonds. The molecule has 0 heterocycles. The molecule has 0 aliphatic heterocycles. The number of carbonyl (C=O) groups excluding carboxylic acids is 4. The number of aliphatic hydroxyl groups excluding tert-OH is 1. The summed E-state index contributed by atoms with van der Waals surface area (Å²) in [6.45, 7) is 4.64. The number of hydrogen-bond donors (Lipinski definition) is 3. The molecule has 19 heteroatoms. The van der Waals surface area contributed by atoms with Crippen molar-refractivity contribution in [2.75, 3.05) is 39.6 Å². The molecule has 5 atom stereocenters. The van der Waals surface area contributed by atoms with Crippen LogP contribution in [0.25, 0.3) is 0 Å². The normalized spacial score (nSPS) is 14.4. The van der Waals surface area contributed by atoms with E-state index in [0.29, 0.717) is 25.7 Å². The van der Waals surface area contributed by atoms with Crippen molar-refractivity contribution in [2.45, 2.75) is 380 Å². The first kappa shape index (κ1) is 103. The number of unbranched alkanes of at least 4 members (excludes halogenated alkanes) is 34. The van der Waals surface area contributed by atoms with Crippen LogP contribution in [0.15, 0.2) is 122 Å². The number of hydrogen-bond acceptors (Lipinski definition) is 15. The Kier molecular flexibility index (Phi) is 77.1. The second kappa shape index (κ2) is 80.5. The van der Waals surface area contributed by atoms with E-state index in [-0.39, 0.29) is 25.7 Å². The lowest BCUT2D eigenvalue weighted by Gasteiger charge is -2.21. The fourth-order valence-corrected chi connectivity index (χ4v) is 13.0. The molecule has 0 spiro atoms. The summed E-state index contributed by atoms with van der Waals surface area (Å²) < 4.78 is 68.8. The van der Waals surface area contributed by atoms with Gasteiger partial charge >= 0.3 is 39.5 Å². The van der Waals surface area contributed by atoms with Crippen molar-refractivity contribution in [1.29, 1.82) is 0 Å². The molecule has 0 aromatic rings. The lowest BCUT2D eigenvalue weighted by atomic mass is 10.0. The molecule has 0 saturated heterocycles. The van der Waals surface area contributed by atoms with E-state index in [1.165, 1.54) is 103 Å². The van der Waals surface area contributed by atoms with E-state index in [0.717, 1.165) is 180 Å². The van der Waals surface area contributed by atoms with E-state index in [1.54, 1.807) is 0 Å². The predicted octanol–water partition coefficient (Wildman–Crippen LogP) is 25.5. The SMILES string of the molecule is CC/C=C\C/C=C\C/C=C\C/C=C\C/C=C\CCCCCC(=O)OCC(COP(=O)(O)OCC(O)COP(=O)(O)OCC(COC(=O)CCCCCCC/C=C\CCCCCCCC)OC(=O)CCCCCCCCCCCCCCCCC)OC(=O)CCCCCCCC/C=C\C/C=C\C/C=C\C/C=C\CC. The van der Waals surface area contributed by atoms with Crippen LogP contribution in [0.1, 0.15) is 362 Å². The molecular weight excluding hydrogens is 1400 g/mol. The number of rotatable bonds is 80. The minimum absolute atomic E-state index is 0.0688. The maximum absolute atomic E-state index is 13.1. The van der Waals surface area contributed by atoms with Gasteiger partial charge < -0.3 is 33.8 Å². The predicted molar refractivity (Wildman–Crippen MR) is 445 cm³/mol. The van der Waals surface area contributed by atoms with Gasteiger partial charge in [-0.15, -0.1) is 0 Å². The number of esters is 4. The summed E-state index contributed by atoms with van der Waals surface area (Å²) in [5.74, 6) is -2.22. The molecule has 0 fully saturated rings. The number of carbonyl (C=O) groups is 4. The average molecular weight is 1560 g/mol. The molecule has 0 aromatic heterocycles. The third-order valence-corrected chi connectivity index (χ3v) is 19.8. The smallest absolute Gasteiger partial charge is 0.462 e. The molecule has 0 rings (SSSR count). The van der Waals surface area contributed by atoms with Crippen molar-refractivity contribution in [3.05, 3.63) is 122 Å². The largest absolute Gasteiger partial charge is 0.472 e. The highest BCUT2D eigenvalue weighted by Crippen LogP contribution is 2.45. The molecule has 0 bridgehead atoms. The molecule has 17 nitrogen and oxygen atoms in total. The van der Waals surface area contributed by atoms with Gasteiger partial charge in [-0.3, -0.25) is 37.3 Å². The van der Waals surface area contributed by atoms with E-state index >= 15 is 0 Å². The Balaban J connectivity index is 5.42. The minimum Gasteiger partial charge on any atom is -0.462 e. The van der Waals surface area contributed by atoms with Crippen LogP contribution in [0, 0.1) is 0 Å². The highest BCUT2D eigenvalue weighted by Gasteiger charge is 2.30. The van der Waals surface area contributed by atoms with E-state index in [1.807, 2.05) is 0 Å². The van der Waals surface area contributed by atoms with Crippen LogP contribution in [-0.2, 0) is 65.4 Å². The van der Waals surface area contributed by atoms with Crippen LogP contribution in [0.4, 0.5) is 0 Å². The summed E-state index contributed by atoms with van der Waals surface area (Å²) in [5, 5.41) is 10.7. The number of ether oxygens (including phenoxy) is 4. The van der Waals surface area contributed by atoms with Gasteiger partial charge in [-0.05, 0) is 135 Å². The topological polar surface area (TPSA) is 237 Å². The van der Waals surface area contributed by atoms with Crippen molar-refractivity contribution in [2.24, 2.45) is 0 Å². The van der Waals surface area contributed by atoms with Crippen molar-refractivity contribution in [1.82, 2.24) is 0 Å². The van der Waals surface area contributed by atoms with E-state index in [4.69, 9.17) is 37.0 Å². The zero-order chi connectivity index (χ0) is 78.9. The molecule has 0 aromatic carbocycles. The maximum atomic E-state index is 13.1. The number of phosphoric ester groups is 2. The van der Waals surface area contributed by atoms with Crippen LogP contribution in [0.3, 0.4) is 0 Å². The lowest BCUT2D eigenvalue weighted by Crippen LogP contribution is -2.30. The molecule has 0 aliphatic carbocycles. The molecule has 0 aliphatic rings. The van der Waals surface area contributed by atoms with Crippen LogP contribution in [0.5, 0.6) is 0 Å². The zero-order valence-corrected chi connectivity index (χ0v) is 70.0. The molecule has 0 saturated carbocycles. The fourth-order valence-electron chi connectivity index (χ4n) is 11.5. The first-order valence-electron chi connectivity index (χ1n) is 42.8. The number of allylic oxidation sites excluding steroid dienone is 20. The quantitative estimate of drug-likeness (QED) is 0.0169. The van der Waals surface area contributed by atoms with E-state index < -0.39 is 97.5 Å². The van der Waals surface area contributed by atoms with Crippen molar-refractivity contribution >= 4 is 39.5 Å². The maximum Gasteiger partial charge on any atom is 0.472 e. The van der Waals surface area contributed by atoms with Crippen molar-refractivity contribution < 1.29 is 80.2 Å².